The van der Waals surface area contributed by atoms with Gasteiger partial charge in [-0.25, -0.2) is 0 Å². The number of carbonyl (C=O) groups is 1. The van der Waals surface area contributed by atoms with Gasteiger partial charge in [-0.2, -0.15) is 0 Å². The first-order valence-corrected chi connectivity index (χ1v) is 6.84. The van der Waals surface area contributed by atoms with Crippen molar-refractivity contribution in [1.82, 2.24) is 0 Å². The summed E-state index contributed by atoms with van der Waals surface area (Å²) >= 11 is 5.76. The van der Waals surface area contributed by atoms with Gasteiger partial charge in [0.15, 0.2) is 5.78 Å². The highest BCUT2D eigenvalue weighted by molar-refractivity contribution is 6.30. The van der Waals surface area contributed by atoms with E-state index in [1.807, 2.05) is 0 Å². The van der Waals surface area contributed by atoms with E-state index in [9.17, 15) is 14.9 Å². The third-order valence-electron chi connectivity index (χ3n) is 3.03. The molecule has 0 amide bonds. The van der Waals surface area contributed by atoms with Crippen molar-refractivity contribution in [2.75, 3.05) is 6.54 Å². The summed E-state index contributed by atoms with van der Waals surface area (Å²) in [7, 11) is 0. The molecule has 1 atom stereocenters. The zero-order valence-corrected chi connectivity index (χ0v) is 11.7. The van der Waals surface area contributed by atoms with Crippen LogP contribution in [0.25, 0.3) is 0 Å². The Balaban J connectivity index is 2.74. The van der Waals surface area contributed by atoms with E-state index < -0.39 is 10.8 Å². The number of nitro groups is 1. The molecular formula is C14H18ClNO3. The number of halogens is 1. The molecule has 19 heavy (non-hydrogen) atoms. The van der Waals surface area contributed by atoms with E-state index in [2.05, 4.69) is 6.92 Å². The number of unbranched alkanes of at least 4 members (excludes halogenated alkanes) is 2. The number of hydrogen-bond acceptors (Lipinski definition) is 3. The monoisotopic (exact) mass is 283 g/mol. The lowest BCUT2D eigenvalue weighted by molar-refractivity contribution is -0.485. The Bertz CT molecular complexity index is 431. The first-order chi connectivity index (χ1) is 9.04. The van der Waals surface area contributed by atoms with Gasteiger partial charge in [0.1, 0.15) is 0 Å². The number of rotatable bonds is 8. The molecule has 1 aromatic carbocycles. The van der Waals surface area contributed by atoms with Crippen molar-refractivity contribution in [2.24, 2.45) is 5.92 Å². The van der Waals surface area contributed by atoms with Crippen molar-refractivity contribution in [3.8, 4) is 0 Å². The van der Waals surface area contributed by atoms with E-state index in [0.717, 1.165) is 19.3 Å². The van der Waals surface area contributed by atoms with Crippen LogP contribution in [-0.2, 0) is 0 Å². The molecule has 0 aromatic heterocycles. The number of benzene rings is 1. The minimum Gasteiger partial charge on any atom is -0.294 e. The van der Waals surface area contributed by atoms with Crippen LogP contribution in [0.1, 0.15) is 43.0 Å². The second kappa shape index (κ2) is 7.89. The molecule has 5 heteroatoms. The molecule has 1 unspecified atom stereocenters. The predicted octanol–water partition coefficient (Wildman–Crippen LogP) is 4.00. The SMILES string of the molecule is CCCCCC(C[N+](=O)[O-])C(=O)c1ccc(Cl)cc1. The van der Waals surface area contributed by atoms with Crippen LogP contribution in [0.15, 0.2) is 24.3 Å². The molecule has 0 spiro atoms. The van der Waals surface area contributed by atoms with E-state index in [0.29, 0.717) is 17.0 Å². The van der Waals surface area contributed by atoms with Crippen LogP contribution in [0, 0.1) is 16.0 Å². The van der Waals surface area contributed by atoms with E-state index in [4.69, 9.17) is 11.6 Å². The van der Waals surface area contributed by atoms with Crippen LogP contribution in [0.3, 0.4) is 0 Å². The van der Waals surface area contributed by atoms with Gasteiger partial charge in [-0.3, -0.25) is 14.9 Å². The third-order valence-corrected chi connectivity index (χ3v) is 3.28. The molecule has 0 fully saturated rings. The first kappa shape index (κ1) is 15.6. The molecule has 0 heterocycles. The maximum absolute atomic E-state index is 12.2. The van der Waals surface area contributed by atoms with Gasteiger partial charge in [-0.15, -0.1) is 0 Å². The van der Waals surface area contributed by atoms with Crippen LogP contribution in [0.5, 0.6) is 0 Å². The van der Waals surface area contributed by atoms with Crippen molar-refractivity contribution in [3.05, 3.63) is 45.0 Å². The molecule has 1 aromatic rings. The summed E-state index contributed by atoms with van der Waals surface area (Å²) in [5.41, 5.74) is 0.493. The van der Waals surface area contributed by atoms with Crippen LogP contribution in [0.4, 0.5) is 0 Å². The Morgan fingerprint density at radius 3 is 2.47 bits per heavy atom. The van der Waals surface area contributed by atoms with Crippen LogP contribution in [0.2, 0.25) is 5.02 Å². The Morgan fingerprint density at radius 2 is 1.95 bits per heavy atom. The molecule has 0 aliphatic carbocycles. The minimum atomic E-state index is -0.539. The number of nitrogens with zero attached hydrogens (tertiary/aromatic N) is 1. The molecule has 1 rings (SSSR count). The summed E-state index contributed by atoms with van der Waals surface area (Å²) in [5.74, 6) is -0.702. The minimum absolute atomic E-state index is 0.163. The van der Waals surface area contributed by atoms with Crippen LogP contribution in [-0.4, -0.2) is 17.3 Å². The molecule has 0 saturated carbocycles. The normalized spacial score (nSPS) is 12.1. The number of carbonyl (C=O) groups excluding carboxylic acids is 1. The second-order valence-electron chi connectivity index (χ2n) is 4.58. The van der Waals surface area contributed by atoms with Crippen LogP contribution >= 0.6 is 11.6 Å². The highest BCUT2D eigenvalue weighted by Gasteiger charge is 2.24. The van der Waals surface area contributed by atoms with Gasteiger partial charge in [0.05, 0.1) is 5.92 Å². The van der Waals surface area contributed by atoms with Gasteiger partial charge in [-0.1, -0.05) is 37.8 Å². The third kappa shape index (κ3) is 5.39. The molecule has 0 aliphatic heterocycles. The van der Waals surface area contributed by atoms with Gasteiger partial charge < -0.3 is 0 Å². The standard InChI is InChI=1S/C14H18ClNO3/c1-2-3-4-5-12(10-16(18)19)14(17)11-6-8-13(15)9-7-11/h6-9,12H,2-5,10H2,1H3. The van der Waals surface area contributed by atoms with Crippen molar-refractivity contribution >= 4 is 17.4 Å². The number of ketones is 1. The smallest absolute Gasteiger partial charge is 0.213 e. The summed E-state index contributed by atoms with van der Waals surface area (Å²) in [6.07, 6.45) is 3.42. The number of hydrogen-bond donors (Lipinski definition) is 0. The first-order valence-electron chi connectivity index (χ1n) is 6.46. The Labute approximate surface area is 117 Å². The summed E-state index contributed by atoms with van der Waals surface area (Å²) in [5, 5.41) is 11.2. The van der Waals surface area contributed by atoms with E-state index >= 15 is 0 Å². The van der Waals surface area contributed by atoms with Crippen molar-refractivity contribution < 1.29 is 9.72 Å². The zero-order valence-electron chi connectivity index (χ0n) is 11.0. The molecule has 0 radical (unpaired) electrons. The fourth-order valence-electron chi connectivity index (χ4n) is 1.98. The molecule has 0 N–H and O–H groups in total. The molecule has 0 bridgehead atoms. The number of Topliss-reactive ketones (excluding diaryl/α,β-unsaturated/α-hetero) is 1. The molecule has 4 nitrogen and oxygen atoms in total. The van der Waals surface area contributed by atoms with Gasteiger partial charge >= 0.3 is 0 Å². The Kier molecular flexibility index (Phi) is 6.50. The Morgan fingerprint density at radius 1 is 1.32 bits per heavy atom. The van der Waals surface area contributed by atoms with Crippen molar-refractivity contribution in [1.29, 1.82) is 0 Å². The second-order valence-corrected chi connectivity index (χ2v) is 5.02. The predicted molar refractivity (Wildman–Crippen MR) is 75.3 cm³/mol. The van der Waals surface area contributed by atoms with Gasteiger partial charge in [0.25, 0.3) is 0 Å². The summed E-state index contributed by atoms with van der Waals surface area (Å²) in [6.45, 7) is 1.76. The molecule has 0 aliphatic rings. The average molecular weight is 284 g/mol. The van der Waals surface area contributed by atoms with Gasteiger partial charge in [0, 0.05) is 15.5 Å². The quantitative estimate of drug-likeness (QED) is 0.314. The highest BCUT2D eigenvalue weighted by atomic mass is 35.5. The molecule has 104 valence electrons. The van der Waals surface area contributed by atoms with E-state index in [-0.39, 0.29) is 12.3 Å². The van der Waals surface area contributed by atoms with Gasteiger partial charge in [-0.05, 0) is 30.7 Å². The van der Waals surface area contributed by atoms with E-state index in [1.165, 1.54) is 0 Å². The average Bonchev–Trinajstić information content (AvgIpc) is 2.37. The summed E-state index contributed by atoms with van der Waals surface area (Å²) in [4.78, 5) is 22.5. The zero-order chi connectivity index (χ0) is 14.3. The largest absolute Gasteiger partial charge is 0.294 e. The molecule has 0 saturated heterocycles. The Hall–Kier alpha value is -1.42. The van der Waals surface area contributed by atoms with E-state index in [1.54, 1.807) is 24.3 Å². The van der Waals surface area contributed by atoms with Crippen molar-refractivity contribution in [3.63, 3.8) is 0 Å². The lowest BCUT2D eigenvalue weighted by atomic mass is 9.92. The summed E-state index contributed by atoms with van der Waals surface area (Å²) < 4.78 is 0. The maximum atomic E-state index is 12.2. The fourth-order valence-corrected chi connectivity index (χ4v) is 2.10. The van der Waals surface area contributed by atoms with Crippen molar-refractivity contribution in [2.45, 2.75) is 32.6 Å². The fraction of sp³-hybridized carbons (Fsp3) is 0.500. The van der Waals surface area contributed by atoms with Crippen LogP contribution < -0.4 is 0 Å². The molecular weight excluding hydrogens is 266 g/mol. The highest BCUT2D eigenvalue weighted by Crippen LogP contribution is 2.18. The summed E-state index contributed by atoms with van der Waals surface area (Å²) in [6, 6.07) is 6.50. The lowest BCUT2D eigenvalue weighted by Gasteiger charge is -2.11. The topological polar surface area (TPSA) is 60.2 Å². The lowest BCUT2D eigenvalue weighted by Crippen LogP contribution is -2.23. The maximum Gasteiger partial charge on any atom is 0.213 e. The van der Waals surface area contributed by atoms with Gasteiger partial charge in [0.2, 0.25) is 6.54 Å².